The van der Waals surface area contributed by atoms with Gasteiger partial charge in [-0.15, -0.1) is 0 Å². The summed E-state index contributed by atoms with van der Waals surface area (Å²) in [5.41, 5.74) is 0.351. The van der Waals surface area contributed by atoms with Crippen LogP contribution in [0.25, 0.3) is 0 Å². The van der Waals surface area contributed by atoms with Crippen LogP contribution in [-0.4, -0.2) is 24.0 Å². The van der Waals surface area contributed by atoms with Crippen LogP contribution in [-0.2, 0) is 4.79 Å². The molecule has 1 aromatic carbocycles. The highest BCUT2D eigenvalue weighted by Gasteiger charge is 2.03. The summed E-state index contributed by atoms with van der Waals surface area (Å²) in [6.45, 7) is 3.56. The fourth-order valence-corrected chi connectivity index (χ4v) is 0.849. The third kappa shape index (κ3) is 4.81. The molecule has 0 heterocycles. The lowest BCUT2D eigenvalue weighted by atomic mass is 10.2. The van der Waals surface area contributed by atoms with E-state index in [1.807, 2.05) is 13.8 Å². The molecular formula is C11H14O4. The van der Waals surface area contributed by atoms with Gasteiger partial charge in [-0.3, -0.25) is 4.79 Å². The molecule has 0 radical (unpaired) electrons. The number of carbonyl (C=O) groups excluding carboxylic acids is 1. The van der Waals surface area contributed by atoms with Crippen molar-refractivity contribution in [3.63, 3.8) is 0 Å². The number of benzene rings is 1. The van der Waals surface area contributed by atoms with Crippen molar-refractivity contribution in [3.05, 3.63) is 29.8 Å². The second-order valence-corrected chi connectivity index (χ2v) is 2.34. The first-order chi connectivity index (χ1) is 7.24. The van der Waals surface area contributed by atoms with Crippen molar-refractivity contribution >= 4 is 12.3 Å². The van der Waals surface area contributed by atoms with E-state index >= 15 is 0 Å². The Morgan fingerprint density at radius 2 is 2.00 bits per heavy atom. The summed E-state index contributed by atoms with van der Waals surface area (Å²) in [5, 5.41) is 8.33. The highest BCUT2D eigenvalue weighted by atomic mass is 16.5. The molecule has 0 amide bonds. The summed E-state index contributed by atoms with van der Waals surface area (Å²) in [6, 6.07) is 6.46. The Morgan fingerprint density at radius 1 is 1.40 bits per heavy atom. The van der Waals surface area contributed by atoms with Gasteiger partial charge in [-0.05, 0) is 12.1 Å². The van der Waals surface area contributed by atoms with Crippen LogP contribution in [0.5, 0.6) is 5.75 Å². The first-order valence-corrected chi connectivity index (χ1v) is 4.63. The molecule has 0 spiro atoms. The molecule has 1 N–H and O–H groups in total. The van der Waals surface area contributed by atoms with Crippen LogP contribution in [0.15, 0.2) is 24.3 Å². The zero-order valence-corrected chi connectivity index (χ0v) is 8.77. The molecule has 4 heteroatoms. The van der Waals surface area contributed by atoms with Crippen molar-refractivity contribution in [2.45, 2.75) is 13.8 Å². The molecule has 82 valence electrons. The van der Waals surface area contributed by atoms with Gasteiger partial charge in [0.15, 0.2) is 12.9 Å². The largest absolute Gasteiger partial charge is 0.481 e. The molecule has 1 aromatic rings. The summed E-state index contributed by atoms with van der Waals surface area (Å²) in [4.78, 5) is 20.6. The number of rotatable bonds is 4. The third-order valence-electron chi connectivity index (χ3n) is 1.40. The molecule has 0 unspecified atom stereocenters. The fourth-order valence-electron chi connectivity index (χ4n) is 0.849. The number of para-hydroxylation sites is 1. The van der Waals surface area contributed by atoms with Crippen molar-refractivity contribution < 1.29 is 19.4 Å². The van der Waals surface area contributed by atoms with E-state index in [1.54, 1.807) is 24.3 Å². The van der Waals surface area contributed by atoms with E-state index in [4.69, 9.17) is 9.84 Å². The summed E-state index contributed by atoms with van der Waals surface area (Å²) in [6.07, 6.45) is 0.622. The van der Waals surface area contributed by atoms with Gasteiger partial charge in [0.1, 0.15) is 5.75 Å². The molecule has 0 bridgehead atoms. The molecular weight excluding hydrogens is 196 g/mol. The first kappa shape index (κ1) is 13.2. The monoisotopic (exact) mass is 210 g/mol. The van der Waals surface area contributed by atoms with Crippen LogP contribution in [0.3, 0.4) is 0 Å². The minimum atomic E-state index is -1.07. The van der Waals surface area contributed by atoms with Gasteiger partial charge < -0.3 is 9.84 Å². The molecule has 0 aromatic heterocycles. The average molecular weight is 210 g/mol. The Bertz CT molecular complexity index is 320. The van der Waals surface area contributed by atoms with E-state index < -0.39 is 12.6 Å². The van der Waals surface area contributed by atoms with E-state index in [9.17, 15) is 9.59 Å². The maximum atomic E-state index is 10.4. The number of aliphatic carboxylic acids is 1. The number of carboxylic acids is 1. The number of carboxylic acid groups (broad SMARTS) is 1. The Kier molecular flexibility index (Phi) is 6.63. The minimum Gasteiger partial charge on any atom is -0.481 e. The van der Waals surface area contributed by atoms with Crippen LogP contribution < -0.4 is 4.74 Å². The van der Waals surface area contributed by atoms with Gasteiger partial charge >= 0.3 is 5.97 Å². The van der Waals surface area contributed by atoms with E-state index in [-0.39, 0.29) is 0 Å². The van der Waals surface area contributed by atoms with Gasteiger partial charge in [-0.2, -0.15) is 0 Å². The number of carbonyl (C=O) groups is 2. The zero-order valence-electron chi connectivity index (χ0n) is 8.77. The standard InChI is InChI=1S/C9H8O4.C2H6/c10-5-7-3-1-2-4-8(7)13-6-9(11)12;1-2/h1-5H,6H2,(H,11,12);1-2H3. The van der Waals surface area contributed by atoms with Crippen LogP contribution in [0.4, 0.5) is 0 Å². The zero-order chi connectivity index (χ0) is 11.7. The third-order valence-corrected chi connectivity index (χ3v) is 1.40. The molecule has 0 saturated carbocycles. The highest BCUT2D eigenvalue weighted by molar-refractivity contribution is 5.79. The van der Waals surface area contributed by atoms with Crippen molar-refractivity contribution in [2.75, 3.05) is 6.61 Å². The van der Waals surface area contributed by atoms with Crippen molar-refractivity contribution in [1.29, 1.82) is 0 Å². The van der Waals surface area contributed by atoms with Crippen LogP contribution in [0, 0.1) is 0 Å². The molecule has 0 aliphatic heterocycles. The second-order valence-electron chi connectivity index (χ2n) is 2.34. The predicted molar refractivity (Wildman–Crippen MR) is 56.3 cm³/mol. The second kappa shape index (κ2) is 7.55. The predicted octanol–water partition coefficient (Wildman–Crippen LogP) is 1.99. The molecule has 0 saturated heterocycles. The van der Waals surface area contributed by atoms with Crippen LogP contribution >= 0.6 is 0 Å². The van der Waals surface area contributed by atoms with Gasteiger partial charge in [0.2, 0.25) is 0 Å². The van der Waals surface area contributed by atoms with Crippen LogP contribution in [0.2, 0.25) is 0 Å². The SMILES string of the molecule is CC.O=Cc1ccccc1OCC(=O)O. The van der Waals surface area contributed by atoms with Crippen molar-refractivity contribution in [1.82, 2.24) is 0 Å². The van der Waals surface area contributed by atoms with Gasteiger partial charge in [-0.25, -0.2) is 4.79 Å². The highest BCUT2D eigenvalue weighted by Crippen LogP contribution is 2.14. The first-order valence-electron chi connectivity index (χ1n) is 4.63. The lowest BCUT2D eigenvalue weighted by Crippen LogP contribution is -2.10. The van der Waals surface area contributed by atoms with E-state index in [0.717, 1.165) is 0 Å². The van der Waals surface area contributed by atoms with Gasteiger partial charge in [0.05, 0.1) is 5.56 Å². The Balaban J connectivity index is 0.000000921. The summed E-state index contributed by atoms with van der Waals surface area (Å²) >= 11 is 0. The van der Waals surface area contributed by atoms with Gasteiger partial charge in [-0.1, -0.05) is 26.0 Å². The molecule has 0 aliphatic carbocycles. The number of ether oxygens (including phenoxy) is 1. The molecule has 4 nitrogen and oxygen atoms in total. The van der Waals surface area contributed by atoms with E-state index in [0.29, 0.717) is 17.6 Å². The van der Waals surface area contributed by atoms with Crippen molar-refractivity contribution in [2.24, 2.45) is 0 Å². The summed E-state index contributed by atoms with van der Waals surface area (Å²) in [7, 11) is 0. The Labute approximate surface area is 88.5 Å². The van der Waals surface area contributed by atoms with E-state index in [1.165, 1.54) is 0 Å². The quantitative estimate of drug-likeness (QED) is 0.772. The van der Waals surface area contributed by atoms with Gasteiger partial charge in [0.25, 0.3) is 0 Å². The lowest BCUT2D eigenvalue weighted by Gasteiger charge is -2.04. The number of hydrogen-bond donors (Lipinski definition) is 1. The maximum Gasteiger partial charge on any atom is 0.341 e. The summed E-state index contributed by atoms with van der Waals surface area (Å²) < 4.78 is 4.86. The lowest BCUT2D eigenvalue weighted by molar-refractivity contribution is -0.139. The van der Waals surface area contributed by atoms with Crippen LogP contribution in [0.1, 0.15) is 24.2 Å². The molecule has 1 rings (SSSR count). The molecule has 0 atom stereocenters. The topological polar surface area (TPSA) is 63.6 Å². The number of aldehydes is 1. The smallest absolute Gasteiger partial charge is 0.341 e. The minimum absolute atomic E-state index is 0.292. The fraction of sp³-hybridized carbons (Fsp3) is 0.273. The molecule has 0 fully saturated rings. The Morgan fingerprint density at radius 3 is 2.53 bits per heavy atom. The molecule has 0 aliphatic rings. The normalized spacial score (nSPS) is 8.40. The molecule has 15 heavy (non-hydrogen) atoms. The van der Waals surface area contributed by atoms with E-state index in [2.05, 4.69) is 0 Å². The van der Waals surface area contributed by atoms with Crippen molar-refractivity contribution in [3.8, 4) is 5.75 Å². The number of hydrogen-bond acceptors (Lipinski definition) is 3. The average Bonchev–Trinajstić information content (AvgIpc) is 2.29. The Hall–Kier alpha value is -1.84. The maximum absolute atomic E-state index is 10.4. The van der Waals surface area contributed by atoms with Gasteiger partial charge in [0, 0.05) is 0 Å². The summed E-state index contributed by atoms with van der Waals surface area (Å²) in [5.74, 6) is -0.777.